The first-order chi connectivity index (χ1) is 9.06. The highest BCUT2D eigenvalue weighted by Gasteiger charge is 2.10. The predicted octanol–water partition coefficient (Wildman–Crippen LogP) is 4.25. The summed E-state index contributed by atoms with van der Waals surface area (Å²) in [7, 11) is 0. The lowest BCUT2D eigenvalue weighted by Crippen LogP contribution is -2.14. The summed E-state index contributed by atoms with van der Waals surface area (Å²) in [6.45, 7) is 4.20. The van der Waals surface area contributed by atoms with Crippen molar-refractivity contribution in [1.82, 2.24) is 4.98 Å². The number of thioether (sulfide) groups is 1. The second-order valence-corrected chi connectivity index (χ2v) is 6.55. The van der Waals surface area contributed by atoms with Gasteiger partial charge in [-0.25, -0.2) is 4.98 Å². The van der Waals surface area contributed by atoms with E-state index in [0.717, 1.165) is 15.3 Å². The van der Waals surface area contributed by atoms with Crippen LogP contribution in [0.25, 0.3) is 0 Å². The van der Waals surface area contributed by atoms with E-state index < -0.39 is 0 Å². The molecule has 0 amide bonds. The molecule has 0 aliphatic rings. The summed E-state index contributed by atoms with van der Waals surface area (Å²) >= 11 is 5.07. The Kier molecular flexibility index (Phi) is 5.02. The Morgan fingerprint density at radius 1 is 1.26 bits per heavy atom. The van der Waals surface area contributed by atoms with E-state index in [9.17, 15) is 0 Å². The molecule has 4 heteroatoms. The monoisotopic (exact) mass is 336 g/mol. The van der Waals surface area contributed by atoms with Crippen LogP contribution in [0.2, 0.25) is 0 Å². The molecule has 100 valence electrons. The molecule has 0 saturated heterocycles. The van der Waals surface area contributed by atoms with E-state index in [1.165, 1.54) is 16.7 Å². The van der Waals surface area contributed by atoms with Gasteiger partial charge < -0.3 is 5.73 Å². The molecule has 19 heavy (non-hydrogen) atoms. The summed E-state index contributed by atoms with van der Waals surface area (Å²) in [6.07, 6.45) is 1.81. The minimum Gasteiger partial charge on any atom is -0.323 e. The molecule has 0 radical (unpaired) electrons. The van der Waals surface area contributed by atoms with Crippen LogP contribution in [0.3, 0.4) is 0 Å². The first kappa shape index (κ1) is 14.6. The van der Waals surface area contributed by atoms with Crippen molar-refractivity contribution < 1.29 is 0 Å². The first-order valence-corrected chi connectivity index (χ1v) is 7.91. The van der Waals surface area contributed by atoms with Crippen LogP contribution in [-0.2, 0) is 0 Å². The zero-order chi connectivity index (χ0) is 13.8. The molecule has 2 rings (SSSR count). The third kappa shape index (κ3) is 4.06. The Morgan fingerprint density at radius 2 is 2.05 bits per heavy atom. The molecule has 2 aromatic rings. The van der Waals surface area contributed by atoms with Crippen LogP contribution in [0, 0.1) is 13.8 Å². The molecule has 2 nitrogen and oxygen atoms in total. The maximum absolute atomic E-state index is 6.28. The minimum absolute atomic E-state index is 0.0374. The number of rotatable bonds is 4. The third-order valence-corrected chi connectivity index (χ3v) is 4.48. The van der Waals surface area contributed by atoms with Gasteiger partial charge in [0, 0.05) is 22.5 Å². The topological polar surface area (TPSA) is 38.9 Å². The van der Waals surface area contributed by atoms with Crippen LogP contribution in [0.4, 0.5) is 0 Å². The van der Waals surface area contributed by atoms with Gasteiger partial charge in [0.2, 0.25) is 0 Å². The van der Waals surface area contributed by atoms with Gasteiger partial charge in [-0.3, -0.25) is 0 Å². The maximum atomic E-state index is 6.28. The first-order valence-electron chi connectivity index (χ1n) is 6.13. The number of benzene rings is 1. The molecular formula is C15H17BrN2S. The van der Waals surface area contributed by atoms with E-state index in [4.69, 9.17) is 5.73 Å². The normalized spacial score (nSPS) is 12.4. The summed E-state index contributed by atoms with van der Waals surface area (Å²) in [5, 5.41) is 1.00. The van der Waals surface area contributed by atoms with E-state index in [0.29, 0.717) is 0 Å². The highest BCUT2D eigenvalue weighted by molar-refractivity contribution is 9.10. The Labute approximate surface area is 126 Å². The predicted molar refractivity (Wildman–Crippen MR) is 85.5 cm³/mol. The van der Waals surface area contributed by atoms with Gasteiger partial charge in [-0.15, -0.1) is 11.8 Å². The molecule has 0 bridgehead atoms. The second kappa shape index (κ2) is 6.55. The number of aryl methyl sites for hydroxylation is 2. The number of nitrogens with zero attached hydrogens (tertiary/aromatic N) is 1. The molecule has 1 atom stereocenters. The van der Waals surface area contributed by atoms with E-state index in [2.05, 4.69) is 53.0 Å². The number of hydrogen-bond donors (Lipinski definition) is 1. The van der Waals surface area contributed by atoms with E-state index >= 15 is 0 Å². The van der Waals surface area contributed by atoms with Crippen LogP contribution < -0.4 is 5.73 Å². The van der Waals surface area contributed by atoms with Crippen LogP contribution in [0.5, 0.6) is 0 Å². The zero-order valence-electron chi connectivity index (χ0n) is 11.1. The molecule has 1 unspecified atom stereocenters. The van der Waals surface area contributed by atoms with Gasteiger partial charge in [0.05, 0.1) is 5.03 Å². The molecule has 1 heterocycles. The number of hydrogen-bond acceptors (Lipinski definition) is 3. The second-order valence-electron chi connectivity index (χ2n) is 4.59. The van der Waals surface area contributed by atoms with Crippen molar-refractivity contribution >= 4 is 27.7 Å². The molecule has 2 N–H and O–H groups in total. The Bertz CT molecular complexity index is 555. The Balaban J connectivity index is 2.03. The van der Waals surface area contributed by atoms with Crippen molar-refractivity contribution in [3.63, 3.8) is 0 Å². The lowest BCUT2D eigenvalue weighted by molar-refractivity contribution is 0.820. The molecule has 0 spiro atoms. The summed E-state index contributed by atoms with van der Waals surface area (Å²) in [5.41, 5.74) is 10.0. The minimum atomic E-state index is 0.0374. The van der Waals surface area contributed by atoms with Crippen molar-refractivity contribution in [2.75, 3.05) is 5.75 Å². The smallest absolute Gasteiger partial charge is 0.0961 e. The summed E-state index contributed by atoms with van der Waals surface area (Å²) in [5.74, 6) is 0.832. The Hall–Kier alpha value is -0.840. The summed E-state index contributed by atoms with van der Waals surface area (Å²) < 4.78 is 0.996. The molecule has 0 saturated carbocycles. The van der Waals surface area contributed by atoms with E-state index in [-0.39, 0.29) is 6.04 Å². The fraction of sp³-hybridized carbons (Fsp3) is 0.267. The third-order valence-electron chi connectivity index (χ3n) is 2.95. The van der Waals surface area contributed by atoms with Gasteiger partial charge in [0.15, 0.2) is 0 Å². The van der Waals surface area contributed by atoms with Crippen molar-refractivity contribution in [3.05, 3.63) is 57.7 Å². The zero-order valence-corrected chi connectivity index (χ0v) is 13.5. The summed E-state index contributed by atoms with van der Waals surface area (Å²) in [6, 6.07) is 10.5. The fourth-order valence-electron chi connectivity index (χ4n) is 1.87. The van der Waals surface area contributed by atoms with Crippen molar-refractivity contribution in [2.24, 2.45) is 5.73 Å². The van der Waals surface area contributed by atoms with Gasteiger partial charge in [-0.2, -0.15) is 0 Å². The number of aromatic nitrogens is 1. The molecule has 0 fully saturated rings. The fourth-order valence-corrected chi connectivity index (χ4v) is 2.93. The largest absolute Gasteiger partial charge is 0.323 e. The van der Waals surface area contributed by atoms with Crippen LogP contribution in [0.1, 0.15) is 22.7 Å². The standard InChI is InChI=1S/C15H17BrN2S/c1-10-3-4-11(2)13(7-10)14(17)9-19-15-6-5-12(16)8-18-15/h3-8,14H,9,17H2,1-2H3. The van der Waals surface area contributed by atoms with Crippen LogP contribution in [-0.4, -0.2) is 10.7 Å². The Morgan fingerprint density at radius 3 is 2.74 bits per heavy atom. The SMILES string of the molecule is Cc1ccc(C)c(C(N)CSc2ccc(Br)cn2)c1. The maximum Gasteiger partial charge on any atom is 0.0961 e. The number of pyridine rings is 1. The quantitative estimate of drug-likeness (QED) is 0.848. The lowest BCUT2D eigenvalue weighted by atomic mass is 10.0. The average molecular weight is 337 g/mol. The average Bonchev–Trinajstić information content (AvgIpc) is 2.40. The highest BCUT2D eigenvalue weighted by atomic mass is 79.9. The van der Waals surface area contributed by atoms with Gasteiger partial charge in [0.25, 0.3) is 0 Å². The van der Waals surface area contributed by atoms with Gasteiger partial charge >= 0.3 is 0 Å². The van der Waals surface area contributed by atoms with Crippen molar-refractivity contribution in [3.8, 4) is 0 Å². The highest BCUT2D eigenvalue weighted by Crippen LogP contribution is 2.25. The number of halogens is 1. The molecule has 0 aliphatic heterocycles. The summed E-state index contributed by atoms with van der Waals surface area (Å²) in [4.78, 5) is 4.34. The lowest BCUT2D eigenvalue weighted by Gasteiger charge is -2.15. The molecular weight excluding hydrogens is 320 g/mol. The molecule has 1 aromatic heterocycles. The molecule has 1 aromatic carbocycles. The number of nitrogens with two attached hydrogens (primary N) is 1. The van der Waals surface area contributed by atoms with Crippen LogP contribution >= 0.6 is 27.7 Å². The van der Waals surface area contributed by atoms with Gasteiger partial charge in [0.1, 0.15) is 0 Å². The van der Waals surface area contributed by atoms with E-state index in [1.807, 2.05) is 18.3 Å². The van der Waals surface area contributed by atoms with Crippen molar-refractivity contribution in [2.45, 2.75) is 24.9 Å². The van der Waals surface area contributed by atoms with Crippen LogP contribution in [0.15, 0.2) is 46.0 Å². The molecule has 0 aliphatic carbocycles. The van der Waals surface area contributed by atoms with Gasteiger partial charge in [-0.1, -0.05) is 23.8 Å². The van der Waals surface area contributed by atoms with Crippen molar-refractivity contribution in [1.29, 1.82) is 0 Å². The van der Waals surface area contributed by atoms with Gasteiger partial charge in [-0.05, 0) is 53.0 Å². The van der Waals surface area contributed by atoms with E-state index in [1.54, 1.807) is 11.8 Å².